The SMILES string of the molecule is COc1cc(-c2noc(-c3cc([N+](=O)[O-])c(OC)c(OC)c3Cl)n2)ccc1I. The van der Waals surface area contributed by atoms with Crippen molar-refractivity contribution >= 4 is 39.9 Å². The number of nitrogens with zero attached hydrogens (tertiary/aromatic N) is 3. The number of aromatic nitrogens is 2. The Morgan fingerprint density at radius 3 is 2.46 bits per heavy atom. The Balaban J connectivity index is 2.13. The van der Waals surface area contributed by atoms with Crippen molar-refractivity contribution in [2.75, 3.05) is 21.3 Å². The Morgan fingerprint density at radius 1 is 1.14 bits per heavy atom. The number of nitro groups is 1. The maximum absolute atomic E-state index is 11.4. The van der Waals surface area contributed by atoms with Crippen LogP contribution in [0.15, 0.2) is 28.8 Å². The fourth-order valence-electron chi connectivity index (χ4n) is 2.52. The van der Waals surface area contributed by atoms with Gasteiger partial charge >= 0.3 is 5.69 Å². The molecule has 0 spiro atoms. The number of hydrogen-bond donors (Lipinski definition) is 0. The van der Waals surface area contributed by atoms with Gasteiger partial charge in [0.1, 0.15) is 5.75 Å². The Kier molecular flexibility index (Phi) is 5.89. The van der Waals surface area contributed by atoms with Crippen molar-refractivity contribution < 1.29 is 23.7 Å². The highest BCUT2D eigenvalue weighted by atomic mass is 127. The lowest BCUT2D eigenvalue weighted by molar-refractivity contribution is -0.385. The van der Waals surface area contributed by atoms with Crippen LogP contribution in [0, 0.1) is 13.7 Å². The van der Waals surface area contributed by atoms with Crippen molar-refractivity contribution in [1.82, 2.24) is 10.1 Å². The zero-order valence-electron chi connectivity index (χ0n) is 14.9. The number of hydrogen-bond acceptors (Lipinski definition) is 8. The maximum atomic E-state index is 11.4. The first-order valence-corrected chi connectivity index (χ1v) is 9.13. The molecule has 3 aromatic rings. The summed E-state index contributed by atoms with van der Waals surface area (Å²) in [7, 11) is 4.18. The molecule has 0 bridgehead atoms. The first-order valence-electron chi connectivity index (χ1n) is 7.68. The van der Waals surface area contributed by atoms with Gasteiger partial charge in [-0.2, -0.15) is 4.98 Å². The van der Waals surface area contributed by atoms with E-state index in [-0.39, 0.29) is 39.5 Å². The van der Waals surface area contributed by atoms with Crippen molar-refractivity contribution in [2.45, 2.75) is 0 Å². The lowest BCUT2D eigenvalue weighted by Gasteiger charge is -2.11. The summed E-state index contributed by atoms with van der Waals surface area (Å²) in [5, 5.41) is 15.4. The van der Waals surface area contributed by atoms with Gasteiger partial charge in [0.2, 0.25) is 11.6 Å². The Morgan fingerprint density at radius 2 is 1.86 bits per heavy atom. The van der Waals surface area contributed by atoms with Crippen LogP contribution in [0.3, 0.4) is 0 Å². The van der Waals surface area contributed by atoms with E-state index in [0.717, 1.165) is 3.57 Å². The number of halogens is 2. The minimum Gasteiger partial charge on any atom is -0.496 e. The van der Waals surface area contributed by atoms with Gasteiger partial charge in [0, 0.05) is 11.6 Å². The van der Waals surface area contributed by atoms with E-state index in [2.05, 4.69) is 32.7 Å². The van der Waals surface area contributed by atoms with E-state index < -0.39 is 4.92 Å². The van der Waals surface area contributed by atoms with Crippen molar-refractivity contribution in [3.05, 3.63) is 43.0 Å². The standard InChI is InChI=1S/C17H13ClIN3O6/c1-25-12-6-8(4-5-10(12)19)16-20-17(28-21-16)9-7-11(22(23)24)14(26-2)15(27-3)13(9)18/h4-7H,1-3H3. The van der Waals surface area contributed by atoms with Gasteiger partial charge in [-0.15, -0.1) is 0 Å². The molecule has 0 aliphatic heterocycles. The molecule has 146 valence electrons. The minimum atomic E-state index is -0.609. The van der Waals surface area contributed by atoms with E-state index >= 15 is 0 Å². The van der Waals surface area contributed by atoms with Gasteiger partial charge in [-0.05, 0) is 40.8 Å². The third-order valence-corrected chi connectivity index (χ3v) is 5.09. The van der Waals surface area contributed by atoms with Crippen LogP contribution in [0.4, 0.5) is 5.69 Å². The molecule has 3 rings (SSSR count). The molecule has 0 saturated heterocycles. The monoisotopic (exact) mass is 517 g/mol. The van der Waals surface area contributed by atoms with Crippen LogP contribution in [0.25, 0.3) is 22.8 Å². The molecule has 1 heterocycles. The molecular formula is C17H13ClIN3O6. The zero-order valence-corrected chi connectivity index (χ0v) is 17.8. The lowest BCUT2D eigenvalue weighted by atomic mass is 10.1. The average molecular weight is 518 g/mol. The molecule has 0 unspecified atom stereocenters. The highest BCUT2D eigenvalue weighted by Gasteiger charge is 2.28. The quantitative estimate of drug-likeness (QED) is 0.265. The summed E-state index contributed by atoms with van der Waals surface area (Å²) in [6.45, 7) is 0. The van der Waals surface area contributed by atoms with Gasteiger partial charge < -0.3 is 18.7 Å². The second-order valence-corrected chi connectivity index (χ2v) is 6.89. The van der Waals surface area contributed by atoms with Gasteiger partial charge in [0.15, 0.2) is 5.75 Å². The molecule has 2 aromatic carbocycles. The summed E-state index contributed by atoms with van der Waals surface area (Å²) < 4.78 is 21.8. The third kappa shape index (κ3) is 3.56. The Hall–Kier alpha value is -2.60. The fourth-order valence-corrected chi connectivity index (χ4v) is 3.38. The molecule has 0 N–H and O–H groups in total. The zero-order chi connectivity index (χ0) is 20.4. The highest BCUT2D eigenvalue weighted by molar-refractivity contribution is 14.1. The van der Waals surface area contributed by atoms with Gasteiger partial charge in [-0.3, -0.25) is 10.1 Å². The van der Waals surface area contributed by atoms with E-state index in [9.17, 15) is 10.1 Å². The van der Waals surface area contributed by atoms with Crippen LogP contribution in [-0.2, 0) is 0 Å². The summed E-state index contributed by atoms with van der Waals surface area (Å²) in [5.74, 6) is 0.844. The maximum Gasteiger partial charge on any atom is 0.315 e. The first-order chi connectivity index (χ1) is 13.4. The lowest BCUT2D eigenvalue weighted by Crippen LogP contribution is -1.99. The Labute approximate surface area is 177 Å². The summed E-state index contributed by atoms with van der Waals surface area (Å²) >= 11 is 8.49. The molecular weight excluding hydrogens is 505 g/mol. The third-order valence-electron chi connectivity index (χ3n) is 3.83. The normalized spacial score (nSPS) is 10.6. The summed E-state index contributed by atoms with van der Waals surface area (Å²) in [4.78, 5) is 15.1. The molecule has 0 saturated carbocycles. The van der Waals surface area contributed by atoms with E-state index in [0.29, 0.717) is 11.3 Å². The largest absolute Gasteiger partial charge is 0.496 e. The number of nitro benzene ring substituents is 1. The molecule has 0 amide bonds. The molecule has 1 aromatic heterocycles. The second kappa shape index (κ2) is 8.19. The minimum absolute atomic E-state index is 0.00145. The van der Waals surface area contributed by atoms with Crippen molar-refractivity contribution in [1.29, 1.82) is 0 Å². The van der Waals surface area contributed by atoms with E-state index in [1.54, 1.807) is 19.2 Å². The number of methoxy groups -OCH3 is 3. The van der Waals surface area contributed by atoms with Gasteiger partial charge in [-0.1, -0.05) is 16.8 Å². The Bertz CT molecular complexity index is 1060. The second-order valence-electron chi connectivity index (χ2n) is 5.35. The van der Waals surface area contributed by atoms with Crippen LogP contribution in [0.5, 0.6) is 17.2 Å². The molecule has 0 aliphatic rings. The van der Waals surface area contributed by atoms with E-state index in [1.807, 2.05) is 6.07 Å². The first kappa shape index (κ1) is 20.1. The van der Waals surface area contributed by atoms with Crippen LogP contribution in [0.2, 0.25) is 5.02 Å². The average Bonchev–Trinajstić information content (AvgIpc) is 3.17. The summed E-state index contributed by atoms with van der Waals surface area (Å²) in [5.41, 5.74) is 0.468. The molecule has 28 heavy (non-hydrogen) atoms. The molecule has 11 heteroatoms. The van der Waals surface area contributed by atoms with E-state index in [1.165, 1.54) is 20.3 Å². The van der Waals surface area contributed by atoms with Crippen molar-refractivity contribution in [3.8, 4) is 40.1 Å². The summed E-state index contributed by atoms with van der Waals surface area (Å²) in [6, 6.07) is 6.61. The van der Waals surface area contributed by atoms with Crippen LogP contribution in [0.1, 0.15) is 0 Å². The molecule has 0 atom stereocenters. The van der Waals surface area contributed by atoms with Crippen molar-refractivity contribution in [2.24, 2.45) is 0 Å². The highest BCUT2D eigenvalue weighted by Crippen LogP contribution is 2.47. The molecule has 0 fully saturated rings. The topological polar surface area (TPSA) is 110 Å². The number of rotatable bonds is 6. The van der Waals surface area contributed by atoms with Crippen LogP contribution >= 0.6 is 34.2 Å². The van der Waals surface area contributed by atoms with Gasteiger partial charge in [0.05, 0.1) is 40.4 Å². The van der Waals surface area contributed by atoms with Crippen LogP contribution < -0.4 is 14.2 Å². The fraction of sp³-hybridized carbons (Fsp3) is 0.176. The van der Waals surface area contributed by atoms with E-state index in [4.69, 9.17) is 30.3 Å². The predicted octanol–water partition coefficient (Wildman–Crippen LogP) is 4.60. The predicted molar refractivity (Wildman–Crippen MR) is 109 cm³/mol. The van der Waals surface area contributed by atoms with Gasteiger partial charge in [0.25, 0.3) is 5.89 Å². The molecule has 9 nitrogen and oxygen atoms in total. The summed E-state index contributed by atoms with van der Waals surface area (Å²) in [6.07, 6.45) is 0. The molecule has 0 radical (unpaired) electrons. The molecule has 0 aliphatic carbocycles. The smallest absolute Gasteiger partial charge is 0.315 e. The van der Waals surface area contributed by atoms with Crippen molar-refractivity contribution in [3.63, 3.8) is 0 Å². The number of benzene rings is 2. The van der Waals surface area contributed by atoms with Crippen LogP contribution in [-0.4, -0.2) is 36.4 Å². The van der Waals surface area contributed by atoms with Gasteiger partial charge in [-0.25, -0.2) is 0 Å². The number of ether oxygens (including phenoxy) is 3.